The van der Waals surface area contributed by atoms with Crippen LogP contribution < -0.4 is 4.90 Å². The zero-order chi connectivity index (χ0) is 17.9. The van der Waals surface area contributed by atoms with E-state index in [1.807, 2.05) is 0 Å². The number of carbonyl (C=O) groups excluding carboxylic acids is 1. The molecule has 0 aromatic carbocycles. The fourth-order valence-corrected chi connectivity index (χ4v) is 3.43. The van der Waals surface area contributed by atoms with Crippen molar-refractivity contribution in [3.05, 3.63) is 45.6 Å². The number of piperidine rings is 1. The van der Waals surface area contributed by atoms with E-state index >= 15 is 0 Å². The number of aromatic nitrogens is 3. The van der Waals surface area contributed by atoms with Crippen molar-refractivity contribution in [2.45, 2.75) is 26.3 Å². The fraction of sp³-hybridized carbons (Fsp3) is 0.438. The molecule has 2 aromatic rings. The van der Waals surface area contributed by atoms with Gasteiger partial charge >= 0.3 is 5.69 Å². The summed E-state index contributed by atoms with van der Waals surface area (Å²) in [7, 11) is 0. The average Bonchev–Trinajstić information content (AvgIpc) is 3.03. The van der Waals surface area contributed by atoms with Crippen LogP contribution in [0.3, 0.4) is 0 Å². The minimum Gasteiger partial charge on any atom is -0.294 e. The van der Waals surface area contributed by atoms with Crippen LogP contribution in [0, 0.1) is 34.7 Å². The maximum Gasteiger partial charge on any atom is 0.307 e. The SMILES string of the molecule is Cc1c(C(C)n2cc([N+](=O)[O-])cn2)cnc(N2C[C@H]3C[C@H]3C2=O)c1F. The molecule has 2 aliphatic rings. The smallest absolute Gasteiger partial charge is 0.294 e. The Hall–Kier alpha value is -2.84. The largest absolute Gasteiger partial charge is 0.307 e. The summed E-state index contributed by atoms with van der Waals surface area (Å²) in [6, 6.07) is -0.424. The van der Waals surface area contributed by atoms with E-state index in [-0.39, 0.29) is 23.3 Å². The zero-order valence-electron chi connectivity index (χ0n) is 13.7. The first-order valence-electron chi connectivity index (χ1n) is 8.03. The van der Waals surface area contributed by atoms with E-state index in [0.717, 1.165) is 12.6 Å². The lowest BCUT2D eigenvalue weighted by Crippen LogP contribution is -2.30. The normalized spacial score (nSPS) is 22.8. The van der Waals surface area contributed by atoms with Gasteiger partial charge in [-0.05, 0) is 31.7 Å². The van der Waals surface area contributed by atoms with Gasteiger partial charge in [-0.25, -0.2) is 9.37 Å². The molecule has 4 rings (SSSR count). The van der Waals surface area contributed by atoms with Gasteiger partial charge in [0.2, 0.25) is 5.91 Å². The van der Waals surface area contributed by atoms with Gasteiger partial charge in [0.05, 0.1) is 11.0 Å². The molecule has 8 nitrogen and oxygen atoms in total. The van der Waals surface area contributed by atoms with Gasteiger partial charge in [-0.15, -0.1) is 0 Å². The third kappa shape index (κ3) is 2.38. The summed E-state index contributed by atoms with van der Waals surface area (Å²) >= 11 is 0. The lowest BCUT2D eigenvalue weighted by atomic mass is 10.0. The van der Waals surface area contributed by atoms with Crippen LogP contribution in [-0.4, -0.2) is 32.1 Å². The summed E-state index contributed by atoms with van der Waals surface area (Å²) in [5, 5.41) is 14.8. The number of carbonyl (C=O) groups is 1. The van der Waals surface area contributed by atoms with Crippen molar-refractivity contribution in [3.63, 3.8) is 0 Å². The lowest BCUT2D eigenvalue weighted by molar-refractivity contribution is -0.385. The van der Waals surface area contributed by atoms with Crippen LogP contribution in [0.15, 0.2) is 18.6 Å². The standard InChI is InChI=1S/C16H16FN5O3/c1-8-13(9(2)21-7-11(4-19-21)22(24)25)5-18-15(14(8)17)20-6-10-3-12(10)16(20)23/h4-5,7,9-10,12H,3,6H2,1-2H3/t9?,10-,12-/m1/s1. The topological polar surface area (TPSA) is 94.2 Å². The minimum absolute atomic E-state index is 0.0322. The molecule has 130 valence electrons. The third-order valence-corrected chi connectivity index (χ3v) is 5.11. The average molecular weight is 345 g/mol. The number of hydrogen-bond acceptors (Lipinski definition) is 5. The first-order valence-corrected chi connectivity index (χ1v) is 8.03. The second-order valence-electron chi connectivity index (χ2n) is 6.64. The highest BCUT2D eigenvalue weighted by molar-refractivity contribution is 5.99. The molecular weight excluding hydrogens is 329 g/mol. The number of fused-ring (bicyclic) bond motifs is 1. The van der Waals surface area contributed by atoms with E-state index in [2.05, 4.69) is 10.1 Å². The van der Waals surface area contributed by atoms with E-state index in [4.69, 9.17) is 0 Å². The second kappa shape index (κ2) is 5.33. The molecule has 9 heteroatoms. The second-order valence-corrected chi connectivity index (χ2v) is 6.64. The van der Waals surface area contributed by atoms with Crippen molar-refractivity contribution >= 4 is 17.4 Å². The van der Waals surface area contributed by atoms with Crippen molar-refractivity contribution in [1.82, 2.24) is 14.8 Å². The van der Waals surface area contributed by atoms with Crippen molar-refractivity contribution in [2.75, 3.05) is 11.4 Å². The highest BCUT2D eigenvalue weighted by Gasteiger charge is 2.53. The summed E-state index contributed by atoms with van der Waals surface area (Å²) in [6.45, 7) is 3.90. The molecule has 0 radical (unpaired) electrons. The minimum atomic E-state index is -0.532. The van der Waals surface area contributed by atoms with Gasteiger partial charge in [-0.2, -0.15) is 5.10 Å². The van der Waals surface area contributed by atoms with E-state index < -0.39 is 16.8 Å². The Morgan fingerprint density at radius 1 is 1.44 bits per heavy atom. The van der Waals surface area contributed by atoms with E-state index in [1.165, 1.54) is 22.0 Å². The van der Waals surface area contributed by atoms with Gasteiger partial charge in [0.25, 0.3) is 0 Å². The number of halogens is 1. The first kappa shape index (κ1) is 15.7. The van der Waals surface area contributed by atoms with Gasteiger partial charge in [-0.3, -0.25) is 24.5 Å². The maximum atomic E-state index is 14.8. The Morgan fingerprint density at radius 2 is 2.20 bits per heavy atom. The van der Waals surface area contributed by atoms with Crippen molar-refractivity contribution in [1.29, 1.82) is 0 Å². The number of amides is 1. The molecule has 0 bridgehead atoms. The summed E-state index contributed by atoms with van der Waals surface area (Å²) in [6.07, 6.45) is 4.86. The Bertz CT molecular complexity index is 896. The fourth-order valence-electron chi connectivity index (χ4n) is 3.43. The van der Waals surface area contributed by atoms with Crippen LogP contribution in [0.25, 0.3) is 0 Å². The lowest BCUT2D eigenvalue weighted by Gasteiger charge is -2.21. The molecule has 1 amide bonds. The molecule has 3 atom stereocenters. The number of anilines is 1. The summed E-state index contributed by atoms with van der Waals surface area (Å²) in [5.41, 5.74) is 0.802. The van der Waals surface area contributed by atoms with Crippen LogP contribution in [0.4, 0.5) is 15.9 Å². The number of nitrogens with zero attached hydrogens (tertiary/aromatic N) is 5. The zero-order valence-corrected chi connectivity index (χ0v) is 13.7. The Balaban J connectivity index is 1.65. The molecule has 25 heavy (non-hydrogen) atoms. The highest BCUT2D eigenvalue weighted by Crippen LogP contribution is 2.47. The third-order valence-electron chi connectivity index (χ3n) is 5.11. The Morgan fingerprint density at radius 3 is 2.80 bits per heavy atom. The summed E-state index contributed by atoms with van der Waals surface area (Å²) < 4.78 is 16.2. The van der Waals surface area contributed by atoms with Crippen molar-refractivity contribution in [2.24, 2.45) is 11.8 Å². The molecule has 3 heterocycles. The molecule has 2 fully saturated rings. The molecule has 0 spiro atoms. The highest BCUT2D eigenvalue weighted by atomic mass is 19.1. The first-order chi connectivity index (χ1) is 11.9. The molecule has 2 aromatic heterocycles. The molecular formula is C16H16FN5O3. The van der Waals surface area contributed by atoms with Crippen molar-refractivity contribution in [3.8, 4) is 0 Å². The van der Waals surface area contributed by atoms with E-state index in [9.17, 15) is 19.3 Å². The predicted molar refractivity (Wildman–Crippen MR) is 85.6 cm³/mol. The molecule has 0 N–H and O–H groups in total. The number of nitro groups is 1. The molecule has 1 saturated heterocycles. The monoisotopic (exact) mass is 345 g/mol. The Kier molecular flexibility index (Phi) is 3.34. The maximum absolute atomic E-state index is 14.8. The summed E-state index contributed by atoms with van der Waals surface area (Å²) in [4.78, 5) is 28.0. The molecule has 1 saturated carbocycles. The van der Waals surface area contributed by atoms with Crippen LogP contribution in [-0.2, 0) is 4.79 Å². The van der Waals surface area contributed by atoms with Crippen LogP contribution in [0.1, 0.15) is 30.5 Å². The quantitative estimate of drug-likeness (QED) is 0.625. The van der Waals surface area contributed by atoms with Crippen molar-refractivity contribution < 1.29 is 14.1 Å². The van der Waals surface area contributed by atoms with E-state index in [1.54, 1.807) is 13.8 Å². The van der Waals surface area contributed by atoms with Gasteiger partial charge < -0.3 is 0 Å². The van der Waals surface area contributed by atoms with Crippen LogP contribution >= 0.6 is 0 Å². The van der Waals surface area contributed by atoms with Crippen LogP contribution in [0.5, 0.6) is 0 Å². The predicted octanol–water partition coefficient (Wildman–Crippen LogP) is 2.23. The number of hydrogen-bond donors (Lipinski definition) is 0. The van der Waals surface area contributed by atoms with Gasteiger partial charge in [-0.1, -0.05) is 0 Å². The van der Waals surface area contributed by atoms with Gasteiger partial charge in [0, 0.05) is 24.2 Å². The molecule has 1 aliphatic heterocycles. The molecule has 1 unspecified atom stereocenters. The van der Waals surface area contributed by atoms with E-state index in [0.29, 0.717) is 23.6 Å². The number of rotatable bonds is 4. The summed E-state index contributed by atoms with van der Waals surface area (Å²) in [5.74, 6) is -0.154. The number of pyridine rings is 1. The van der Waals surface area contributed by atoms with Crippen LogP contribution in [0.2, 0.25) is 0 Å². The van der Waals surface area contributed by atoms with Gasteiger partial charge in [0.1, 0.15) is 12.4 Å². The Labute approximate surface area is 142 Å². The molecule has 1 aliphatic carbocycles. The van der Waals surface area contributed by atoms with Gasteiger partial charge in [0.15, 0.2) is 11.6 Å².